The van der Waals surface area contributed by atoms with Gasteiger partial charge in [-0.1, -0.05) is 20.8 Å². The molecule has 1 atom stereocenters. The van der Waals surface area contributed by atoms with Crippen LogP contribution in [0.3, 0.4) is 0 Å². The summed E-state index contributed by atoms with van der Waals surface area (Å²) in [7, 11) is 0. The Morgan fingerprint density at radius 3 is 2.42 bits per heavy atom. The number of piperidine rings is 1. The zero-order valence-corrected chi connectivity index (χ0v) is 16.0. The Kier molecular flexibility index (Phi) is 4.06. The average molecular weight is 332 g/mol. The molecule has 1 aliphatic carbocycles. The highest BCUT2D eigenvalue weighted by Gasteiger charge is 2.57. The average Bonchev–Trinajstić information content (AvgIpc) is 2.94. The van der Waals surface area contributed by atoms with Gasteiger partial charge in [0.1, 0.15) is 5.82 Å². The molecule has 2 aliphatic rings. The first-order valence-corrected chi connectivity index (χ1v) is 9.16. The lowest BCUT2D eigenvalue weighted by Gasteiger charge is -2.24. The number of carbonyl (C=O) groups excluding carboxylic acids is 1. The van der Waals surface area contributed by atoms with Crippen LogP contribution in [-0.4, -0.2) is 28.8 Å². The van der Waals surface area contributed by atoms with E-state index in [9.17, 15) is 4.79 Å². The van der Waals surface area contributed by atoms with Crippen molar-refractivity contribution in [2.45, 2.75) is 71.8 Å². The van der Waals surface area contributed by atoms with Gasteiger partial charge in [-0.15, -0.1) is 0 Å². The summed E-state index contributed by atoms with van der Waals surface area (Å²) in [5.74, 6) is 1.16. The number of aromatic nitrogens is 2. The van der Waals surface area contributed by atoms with Crippen LogP contribution in [0.15, 0.2) is 6.07 Å². The first-order valence-electron chi connectivity index (χ1n) is 9.16. The Bertz CT molecular complexity index is 627. The molecular formula is C19H32N4O. The number of hydrogen-bond donors (Lipinski definition) is 2. The van der Waals surface area contributed by atoms with Crippen LogP contribution >= 0.6 is 0 Å². The largest absolute Gasteiger partial charge is 0.317 e. The third-order valence-corrected chi connectivity index (χ3v) is 5.47. The molecule has 1 aromatic rings. The molecule has 134 valence electrons. The van der Waals surface area contributed by atoms with Gasteiger partial charge < -0.3 is 10.6 Å². The summed E-state index contributed by atoms with van der Waals surface area (Å²) in [6, 6.07) is 2.04. The van der Waals surface area contributed by atoms with Crippen LogP contribution in [0, 0.1) is 11.3 Å². The highest BCUT2D eigenvalue weighted by Crippen LogP contribution is 2.58. The van der Waals surface area contributed by atoms with E-state index < -0.39 is 0 Å². The highest BCUT2D eigenvalue weighted by molar-refractivity contribution is 5.94. The smallest absolute Gasteiger partial charge is 0.229 e. The molecular weight excluding hydrogens is 300 g/mol. The van der Waals surface area contributed by atoms with Gasteiger partial charge in [-0.3, -0.25) is 4.79 Å². The Balaban J connectivity index is 1.79. The van der Waals surface area contributed by atoms with E-state index in [0.29, 0.717) is 0 Å². The maximum Gasteiger partial charge on any atom is 0.229 e. The number of rotatable bonds is 2. The van der Waals surface area contributed by atoms with Crippen molar-refractivity contribution in [1.82, 2.24) is 15.1 Å². The minimum atomic E-state index is -0.165. The summed E-state index contributed by atoms with van der Waals surface area (Å²) < 4.78 is 1.96. The standard InChI is InChI=1S/C19H32N4O/c1-17(2,3)14-11-15(23(22-14)18(4,5)6)21-16(24)13-12-19(13)7-9-20-10-8-19/h11,13,20H,7-10,12H2,1-6H3,(H,21,24). The van der Waals surface area contributed by atoms with Crippen molar-refractivity contribution >= 4 is 11.7 Å². The minimum absolute atomic E-state index is 0.0359. The second-order valence-electron chi connectivity index (χ2n) is 9.61. The van der Waals surface area contributed by atoms with E-state index in [1.165, 1.54) is 0 Å². The van der Waals surface area contributed by atoms with Gasteiger partial charge >= 0.3 is 0 Å². The molecule has 1 amide bonds. The van der Waals surface area contributed by atoms with Crippen molar-refractivity contribution in [3.63, 3.8) is 0 Å². The van der Waals surface area contributed by atoms with Crippen LogP contribution in [0.4, 0.5) is 5.82 Å². The number of amides is 1. The molecule has 1 unspecified atom stereocenters. The Morgan fingerprint density at radius 2 is 1.88 bits per heavy atom. The van der Waals surface area contributed by atoms with Crippen molar-refractivity contribution in [3.05, 3.63) is 11.8 Å². The summed E-state index contributed by atoms with van der Waals surface area (Å²) in [5.41, 5.74) is 1.07. The van der Waals surface area contributed by atoms with E-state index in [0.717, 1.165) is 43.9 Å². The first-order chi connectivity index (χ1) is 11.0. The molecule has 1 spiro atoms. The zero-order chi connectivity index (χ0) is 17.8. The summed E-state index contributed by atoms with van der Waals surface area (Å²) in [6.45, 7) is 14.9. The second-order valence-corrected chi connectivity index (χ2v) is 9.61. The number of carbonyl (C=O) groups is 1. The molecule has 2 fully saturated rings. The third-order valence-electron chi connectivity index (χ3n) is 5.47. The summed E-state index contributed by atoms with van der Waals surface area (Å²) in [4.78, 5) is 12.8. The van der Waals surface area contributed by atoms with Gasteiger partial charge in [0.05, 0.1) is 11.2 Å². The van der Waals surface area contributed by atoms with Gasteiger partial charge in [-0.2, -0.15) is 5.10 Å². The van der Waals surface area contributed by atoms with E-state index in [-0.39, 0.29) is 28.2 Å². The van der Waals surface area contributed by atoms with Gasteiger partial charge in [0, 0.05) is 17.4 Å². The summed E-state index contributed by atoms with van der Waals surface area (Å²) >= 11 is 0. The maximum atomic E-state index is 12.8. The van der Waals surface area contributed by atoms with Gasteiger partial charge in [-0.25, -0.2) is 4.68 Å². The lowest BCUT2D eigenvalue weighted by Crippen LogP contribution is -2.32. The van der Waals surface area contributed by atoms with Crippen molar-refractivity contribution in [2.75, 3.05) is 18.4 Å². The van der Waals surface area contributed by atoms with Crippen LogP contribution in [0.1, 0.15) is 66.5 Å². The quantitative estimate of drug-likeness (QED) is 0.874. The Labute approximate surface area is 145 Å². The lowest BCUT2D eigenvalue weighted by atomic mass is 9.91. The minimum Gasteiger partial charge on any atom is -0.317 e. The molecule has 24 heavy (non-hydrogen) atoms. The van der Waals surface area contributed by atoms with E-state index in [1.54, 1.807) is 0 Å². The van der Waals surface area contributed by atoms with Crippen LogP contribution in [0.2, 0.25) is 0 Å². The molecule has 0 aromatic carbocycles. The Morgan fingerprint density at radius 1 is 1.25 bits per heavy atom. The zero-order valence-electron chi connectivity index (χ0n) is 16.0. The maximum absolute atomic E-state index is 12.8. The predicted octanol–water partition coefficient (Wildman–Crippen LogP) is 3.26. The molecule has 3 rings (SSSR count). The number of anilines is 1. The number of nitrogens with zero attached hydrogens (tertiary/aromatic N) is 2. The van der Waals surface area contributed by atoms with Crippen molar-refractivity contribution in [3.8, 4) is 0 Å². The normalized spacial score (nSPS) is 23.3. The summed E-state index contributed by atoms with van der Waals surface area (Å²) in [5, 5.41) is 11.4. The molecule has 1 aromatic heterocycles. The molecule has 0 radical (unpaired) electrons. The fourth-order valence-electron chi connectivity index (χ4n) is 3.76. The van der Waals surface area contributed by atoms with E-state index in [4.69, 9.17) is 5.10 Å². The molecule has 1 aliphatic heterocycles. The molecule has 2 N–H and O–H groups in total. The third kappa shape index (κ3) is 3.23. The number of hydrogen-bond acceptors (Lipinski definition) is 3. The molecule has 5 nitrogen and oxygen atoms in total. The molecule has 5 heteroatoms. The van der Waals surface area contributed by atoms with Crippen molar-refractivity contribution in [2.24, 2.45) is 11.3 Å². The fraction of sp³-hybridized carbons (Fsp3) is 0.789. The summed E-state index contributed by atoms with van der Waals surface area (Å²) in [6.07, 6.45) is 3.28. The van der Waals surface area contributed by atoms with Crippen LogP contribution < -0.4 is 10.6 Å². The molecule has 2 heterocycles. The van der Waals surface area contributed by atoms with E-state index in [1.807, 2.05) is 10.7 Å². The lowest BCUT2D eigenvalue weighted by molar-refractivity contribution is -0.118. The van der Waals surface area contributed by atoms with Crippen LogP contribution in [0.5, 0.6) is 0 Å². The highest BCUT2D eigenvalue weighted by atomic mass is 16.2. The number of nitrogens with one attached hydrogen (secondary N) is 2. The van der Waals surface area contributed by atoms with E-state index >= 15 is 0 Å². The van der Waals surface area contributed by atoms with Crippen LogP contribution in [-0.2, 0) is 15.7 Å². The monoisotopic (exact) mass is 332 g/mol. The Hall–Kier alpha value is -1.36. The molecule has 0 bridgehead atoms. The topological polar surface area (TPSA) is 59.0 Å². The molecule has 1 saturated heterocycles. The van der Waals surface area contributed by atoms with Crippen LogP contribution in [0.25, 0.3) is 0 Å². The van der Waals surface area contributed by atoms with Gasteiger partial charge in [0.15, 0.2) is 0 Å². The van der Waals surface area contributed by atoms with E-state index in [2.05, 4.69) is 52.2 Å². The van der Waals surface area contributed by atoms with Crippen molar-refractivity contribution in [1.29, 1.82) is 0 Å². The van der Waals surface area contributed by atoms with Gasteiger partial charge in [0.2, 0.25) is 5.91 Å². The second kappa shape index (κ2) is 5.58. The fourth-order valence-corrected chi connectivity index (χ4v) is 3.76. The van der Waals surface area contributed by atoms with Gasteiger partial charge in [0.25, 0.3) is 0 Å². The molecule has 1 saturated carbocycles. The van der Waals surface area contributed by atoms with Crippen molar-refractivity contribution < 1.29 is 4.79 Å². The predicted molar refractivity (Wildman–Crippen MR) is 97.2 cm³/mol. The first kappa shape index (κ1) is 17.5. The SMILES string of the molecule is CC(C)(C)c1cc(NC(=O)C2CC23CCNCC3)n(C(C)(C)C)n1. The van der Waals surface area contributed by atoms with Gasteiger partial charge in [-0.05, 0) is 58.5 Å².